The van der Waals surface area contributed by atoms with Gasteiger partial charge in [-0.05, 0) is 71.1 Å². The number of nitrogens with zero attached hydrogens (tertiary/aromatic N) is 1. The van der Waals surface area contributed by atoms with Crippen LogP contribution in [0.1, 0.15) is 17.2 Å². The summed E-state index contributed by atoms with van der Waals surface area (Å²) in [5.41, 5.74) is 0.749. The van der Waals surface area contributed by atoms with E-state index in [0.29, 0.717) is 27.8 Å². The zero-order valence-corrected chi connectivity index (χ0v) is 25.5. The minimum Gasteiger partial charge on any atom is -0.497 e. The van der Waals surface area contributed by atoms with Crippen molar-refractivity contribution < 1.29 is 36.2 Å². The first kappa shape index (κ1) is 30.6. The number of sulfonamides is 1. The molecule has 9 nitrogen and oxygen atoms in total. The standard InChI is InChI=1S/C33H29NO8S2/c1-41-25-13-17-27(18-14-25)43(37,38)22-24-12-21-31(30-11-7-6-10-29(24)30)34(32(33(35)36)23-8-4-3-5-9-23)44(39,40)28-19-15-26(42-2)16-20-28/h3-21,32H,22H2,1-2H3,(H,35,36). The van der Waals surface area contributed by atoms with Crippen molar-refractivity contribution in [2.24, 2.45) is 0 Å². The monoisotopic (exact) mass is 631 g/mol. The molecule has 0 fully saturated rings. The Morgan fingerprint density at radius 1 is 0.682 bits per heavy atom. The molecule has 0 saturated carbocycles. The van der Waals surface area contributed by atoms with E-state index in [1.165, 1.54) is 62.8 Å². The van der Waals surface area contributed by atoms with Crippen LogP contribution in [0, 0.1) is 0 Å². The molecule has 11 heteroatoms. The summed E-state index contributed by atoms with van der Waals surface area (Å²) in [7, 11) is -5.36. The molecule has 0 heterocycles. The fourth-order valence-electron chi connectivity index (χ4n) is 5.02. The first-order valence-corrected chi connectivity index (χ1v) is 16.5. The summed E-state index contributed by atoms with van der Waals surface area (Å²) in [5.74, 6) is -0.806. The molecule has 0 saturated heterocycles. The summed E-state index contributed by atoms with van der Waals surface area (Å²) in [4.78, 5) is 12.8. The first-order chi connectivity index (χ1) is 21.1. The molecule has 44 heavy (non-hydrogen) atoms. The molecule has 1 N–H and O–H groups in total. The molecule has 1 unspecified atom stereocenters. The summed E-state index contributed by atoms with van der Waals surface area (Å²) in [6, 6.07) is 27.9. The lowest BCUT2D eigenvalue weighted by atomic mass is 10.0. The molecular formula is C33H29NO8S2. The zero-order valence-electron chi connectivity index (χ0n) is 23.8. The van der Waals surface area contributed by atoms with Gasteiger partial charge >= 0.3 is 5.97 Å². The summed E-state index contributed by atoms with van der Waals surface area (Å²) in [5, 5.41) is 11.3. The van der Waals surface area contributed by atoms with Gasteiger partial charge in [0.05, 0.1) is 35.5 Å². The largest absolute Gasteiger partial charge is 0.497 e. The SMILES string of the molecule is COc1ccc(S(=O)(=O)Cc2ccc(N(C(C(=O)O)c3ccccc3)S(=O)(=O)c3ccc(OC)cc3)c3ccccc23)cc1. The third-order valence-electron chi connectivity index (χ3n) is 7.19. The molecular weight excluding hydrogens is 602 g/mol. The van der Waals surface area contributed by atoms with Crippen molar-refractivity contribution in [1.29, 1.82) is 0 Å². The number of anilines is 1. The highest BCUT2D eigenvalue weighted by Gasteiger charge is 2.38. The number of fused-ring (bicyclic) bond motifs is 1. The van der Waals surface area contributed by atoms with Crippen LogP contribution in [0.3, 0.4) is 0 Å². The van der Waals surface area contributed by atoms with Crippen molar-refractivity contribution in [1.82, 2.24) is 0 Å². The number of carbonyl (C=O) groups is 1. The maximum absolute atomic E-state index is 14.4. The minimum atomic E-state index is -4.49. The number of hydrogen-bond donors (Lipinski definition) is 1. The quantitative estimate of drug-likeness (QED) is 0.192. The number of aliphatic carboxylic acids is 1. The second-order valence-corrected chi connectivity index (χ2v) is 13.7. The van der Waals surface area contributed by atoms with E-state index in [9.17, 15) is 26.7 Å². The van der Waals surface area contributed by atoms with E-state index in [0.717, 1.165) is 4.31 Å². The summed E-state index contributed by atoms with van der Waals surface area (Å²) >= 11 is 0. The number of sulfone groups is 1. The van der Waals surface area contributed by atoms with E-state index >= 15 is 0 Å². The van der Waals surface area contributed by atoms with Gasteiger partial charge in [-0.1, -0.05) is 60.7 Å². The van der Waals surface area contributed by atoms with E-state index in [4.69, 9.17) is 9.47 Å². The van der Waals surface area contributed by atoms with Gasteiger partial charge in [-0.2, -0.15) is 0 Å². The van der Waals surface area contributed by atoms with Crippen molar-refractivity contribution in [2.75, 3.05) is 18.5 Å². The Morgan fingerprint density at radius 2 is 1.20 bits per heavy atom. The van der Waals surface area contributed by atoms with Crippen molar-refractivity contribution in [3.05, 3.63) is 126 Å². The van der Waals surface area contributed by atoms with E-state index in [1.807, 2.05) is 0 Å². The maximum Gasteiger partial charge on any atom is 0.332 e. The summed E-state index contributed by atoms with van der Waals surface area (Å²) < 4.78 is 66.7. The van der Waals surface area contributed by atoms with Crippen LogP contribution in [-0.4, -0.2) is 42.1 Å². The van der Waals surface area contributed by atoms with Crippen LogP contribution in [0.25, 0.3) is 10.8 Å². The fraction of sp³-hybridized carbons (Fsp3) is 0.121. The Balaban J connectivity index is 1.70. The lowest BCUT2D eigenvalue weighted by Gasteiger charge is -2.32. The molecule has 5 aromatic rings. The predicted molar refractivity (Wildman–Crippen MR) is 167 cm³/mol. The number of hydrogen-bond acceptors (Lipinski definition) is 7. The van der Waals surface area contributed by atoms with Crippen LogP contribution in [0.15, 0.2) is 125 Å². The average molecular weight is 632 g/mol. The van der Waals surface area contributed by atoms with E-state index in [1.54, 1.807) is 66.7 Å². The van der Waals surface area contributed by atoms with Crippen LogP contribution in [0.5, 0.6) is 11.5 Å². The van der Waals surface area contributed by atoms with E-state index in [-0.39, 0.29) is 26.8 Å². The zero-order chi connectivity index (χ0) is 31.5. The summed E-state index contributed by atoms with van der Waals surface area (Å²) in [6.07, 6.45) is 0. The third-order valence-corrected chi connectivity index (χ3v) is 10.7. The first-order valence-electron chi connectivity index (χ1n) is 13.4. The Hall–Kier alpha value is -4.87. The molecule has 0 spiro atoms. The molecule has 0 aliphatic rings. The van der Waals surface area contributed by atoms with Gasteiger partial charge < -0.3 is 14.6 Å². The average Bonchev–Trinajstić information content (AvgIpc) is 3.04. The molecule has 0 aliphatic heterocycles. The van der Waals surface area contributed by atoms with E-state index in [2.05, 4.69) is 0 Å². The molecule has 5 rings (SSSR count). The fourth-order valence-corrected chi connectivity index (χ4v) is 8.01. The van der Waals surface area contributed by atoms with Crippen LogP contribution in [0.2, 0.25) is 0 Å². The van der Waals surface area contributed by atoms with Gasteiger partial charge in [0.1, 0.15) is 11.5 Å². The van der Waals surface area contributed by atoms with Gasteiger partial charge in [-0.15, -0.1) is 0 Å². The minimum absolute atomic E-state index is 0.0817. The Labute approximate surface area is 255 Å². The highest BCUT2D eigenvalue weighted by Crippen LogP contribution is 2.40. The lowest BCUT2D eigenvalue weighted by molar-refractivity contribution is -0.138. The smallest absolute Gasteiger partial charge is 0.332 e. The van der Waals surface area contributed by atoms with Crippen LogP contribution in [0.4, 0.5) is 5.69 Å². The number of ether oxygens (including phenoxy) is 2. The highest BCUT2D eigenvalue weighted by atomic mass is 32.2. The number of carboxylic acids is 1. The normalized spacial score (nSPS) is 12.4. The van der Waals surface area contributed by atoms with Crippen LogP contribution >= 0.6 is 0 Å². The third kappa shape index (κ3) is 5.97. The Morgan fingerprint density at radius 3 is 1.75 bits per heavy atom. The second-order valence-electron chi connectivity index (χ2n) is 9.85. The van der Waals surface area contributed by atoms with Gasteiger partial charge in [-0.3, -0.25) is 0 Å². The van der Waals surface area contributed by atoms with Crippen molar-refractivity contribution in [3.63, 3.8) is 0 Å². The van der Waals surface area contributed by atoms with Gasteiger partial charge in [-0.25, -0.2) is 25.9 Å². The van der Waals surface area contributed by atoms with Gasteiger partial charge in [0.25, 0.3) is 10.0 Å². The molecule has 0 aliphatic carbocycles. The number of rotatable bonds is 11. The topological polar surface area (TPSA) is 127 Å². The maximum atomic E-state index is 14.4. The van der Waals surface area contributed by atoms with Gasteiger partial charge in [0, 0.05) is 5.39 Å². The summed E-state index contributed by atoms with van der Waals surface area (Å²) in [6.45, 7) is 0. The number of benzene rings is 5. The lowest BCUT2D eigenvalue weighted by Crippen LogP contribution is -2.39. The van der Waals surface area contributed by atoms with Crippen molar-refractivity contribution in [2.45, 2.75) is 21.6 Å². The molecule has 0 bridgehead atoms. The van der Waals surface area contributed by atoms with Crippen molar-refractivity contribution >= 4 is 42.3 Å². The molecule has 0 radical (unpaired) electrons. The molecule has 226 valence electrons. The molecule has 5 aromatic carbocycles. The van der Waals surface area contributed by atoms with Gasteiger partial charge in [0.15, 0.2) is 15.9 Å². The van der Waals surface area contributed by atoms with Crippen molar-refractivity contribution in [3.8, 4) is 11.5 Å². The van der Waals surface area contributed by atoms with Gasteiger partial charge in [0.2, 0.25) is 0 Å². The predicted octanol–water partition coefficient (Wildman–Crippen LogP) is 5.85. The second kappa shape index (κ2) is 12.4. The molecule has 0 amide bonds. The molecule has 0 aromatic heterocycles. The van der Waals surface area contributed by atoms with Crippen LogP contribution < -0.4 is 13.8 Å². The van der Waals surface area contributed by atoms with E-state index < -0.39 is 31.9 Å². The Bertz CT molecular complexity index is 2010. The van der Waals surface area contributed by atoms with Crippen LogP contribution in [-0.2, 0) is 30.4 Å². The number of carboxylic acid groups (broad SMARTS) is 1. The number of methoxy groups -OCH3 is 2. The Kier molecular flexibility index (Phi) is 8.61. The highest BCUT2D eigenvalue weighted by molar-refractivity contribution is 7.93. The molecule has 1 atom stereocenters.